The van der Waals surface area contributed by atoms with Gasteiger partial charge < -0.3 is 14.7 Å². The first-order valence-corrected chi connectivity index (χ1v) is 11.3. The molecule has 1 saturated carbocycles. The fourth-order valence-corrected chi connectivity index (χ4v) is 3.71. The van der Waals surface area contributed by atoms with Crippen LogP contribution in [0.15, 0.2) is 60.9 Å². The Kier molecular flexibility index (Phi) is 6.96. The highest BCUT2D eigenvalue weighted by atomic mass is 16.5. The lowest BCUT2D eigenvalue weighted by Crippen LogP contribution is -2.32. The van der Waals surface area contributed by atoms with Crippen LogP contribution in [0.1, 0.15) is 55.8 Å². The minimum absolute atomic E-state index is 0.169. The Morgan fingerprint density at radius 1 is 1.09 bits per heavy atom. The van der Waals surface area contributed by atoms with E-state index < -0.39 is 12.0 Å². The smallest absolute Gasteiger partial charge is 0.303 e. The summed E-state index contributed by atoms with van der Waals surface area (Å²) in [5.74, 6) is -0.260. The zero-order chi connectivity index (χ0) is 24.0. The first-order chi connectivity index (χ1) is 16.5. The molecule has 1 aliphatic rings. The van der Waals surface area contributed by atoms with E-state index in [-0.39, 0.29) is 12.3 Å². The van der Waals surface area contributed by atoms with E-state index in [1.54, 1.807) is 29.4 Å². The van der Waals surface area contributed by atoms with Crippen LogP contribution in [-0.2, 0) is 11.3 Å². The molecule has 0 bridgehead atoms. The molecule has 0 radical (unpaired) electrons. The molecule has 1 aliphatic carbocycles. The molecule has 0 atom stereocenters. The van der Waals surface area contributed by atoms with Gasteiger partial charge in [0.1, 0.15) is 5.75 Å². The van der Waals surface area contributed by atoms with E-state index in [1.165, 1.54) is 0 Å². The lowest BCUT2D eigenvalue weighted by molar-refractivity contribution is -0.137. The summed E-state index contributed by atoms with van der Waals surface area (Å²) < 4.78 is 14.7. The van der Waals surface area contributed by atoms with Crippen LogP contribution < -0.4 is 4.74 Å². The lowest BCUT2D eigenvalue weighted by Gasteiger charge is -2.24. The molecule has 7 heteroatoms. The minimum atomic E-state index is -0.899. The van der Waals surface area contributed by atoms with Crippen LogP contribution in [0.3, 0.4) is 0 Å². The van der Waals surface area contributed by atoms with Crippen molar-refractivity contribution in [2.75, 3.05) is 6.61 Å². The van der Waals surface area contributed by atoms with Crippen molar-refractivity contribution in [3.8, 4) is 16.9 Å². The van der Waals surface area contributed by atoms with Crippen molar-refractivity contribution in [2.45, 2.75) is 51.1 Å². The number of unbranched alkanes of at least 4 members (excludes halogenated alkanes) is 2. The normalized spacial score (nSPS) is 14.4. The first kappa shape index (κ1) is 21.2. The summed E-state index contributed by atoms with van der Waals surface area (Å²) in [6.45, 7) is 0.771. The number of carboxylic acid groups (broad SMARTS) is 1. The number of ether oxygens (including phenoxy) is 1. The average molecular weight is 449 g/mol. The molecule has 0 aliphatic heterocycles. The fourth-order valence-electron chi connectivity index (χ4n) is 3.71. The number of para-hydroxylation sites is 1. The van der Waals surface area contributed by atoms with Crippen LogP contribution in [0, 0.1) is 0 Å². The van der Waals surface area contributed by atoms with Crippen LogP contribution in [-0.4, -0.2) is 44.7 Å². The van der Waals surface area contributed by atoms with Crippen molar-refractivity contribution >= 4 is 11.9 Å². The van der Waals surface area contributed by atoms with Crippen LogP contribution in [0.5, 0.6) is 5.75 Å². The van der Waals surface area contributed by atoms with Gasteiger partial charge in [0.15, 0.2) is 0 Å². The highest BCUT2D eigenvalue weighted by Crippen LogP contribution is 2.32. The molecule has 0 unspecified atom stereocenters. The maximum Gasteiger partial charge on any atom is 0.303 e. The molecule has 2 aromatic carbocycles. The van der Waals surface area contributed by atoms with E-state index in [1.807, 2.05) is 36.4 Å². The number of aliphatic carboxylic acids is 1. The standard InChI is InChI=1S/C26H29N3O4/c30-25(31)8-2-1-5-15-33-24-7-4-3-6-21(24)18-29(23-13-14-23)26(32)20-11-9-19(10-12-20)22-16-27-28-17-22/h3-4,6-7,9-12,16-17,23H,1-2,5,8,13-15,18H2,(H,27,28)(H,30,31)/i23D. The Morgan fingerprint density at radius 3 is 2.58 bits per heavy atom. The first-order valence-electron chi connectivity index (χ1n) is 11.8. The van der Waals surface area contributed by atoms with Gasteiger partial charge in [0, 0.05) is 41.9 Å². The minimum Gasteiger partial charge on any atom is -0.493 e. The number of benzene rings is 2. The third-order valence-corrected chi connectivity index (χ3v) is 5.66. The van der Waals surface area contributed by atoms with E-state index in [4.69, 9.17) is 11.2 Å². The number of carboxylic acids is 1. The molecule has 1 fully saturated rings. The van der Waals surface area contributed by atoms with Gasteiger partial charge in [-0.15, -0.1) is 0 Å². The molecule has 4 rings (SSSR count). The van der Waals surface area contributed by atoms with Crippen molar-refractivity contribution in [2.24, 2.45) is 0 Å². The summed E-state index contributed by atoms with van der Waals surface area (Å²) in [4.78, 5) is 25.7. The van der Waals surface area contributed by atoms with Gasteiger partial charge in [-0.25, -0.2) is 0 Å². The van der Waals surface area contributed by atoms with Gasteiger partial charge in [0.05, 0.1) is 14.2 Å². The van der Waals surface area contributed by atoms with E-state index in [9.17, 15) is 9.59 Å². The number of carbonyl (C=O) groups is 2. The number of aromatic amines is 1. The maximum absolute atomic E-state index is 13.4. The van der Waals surface area contributed by atoms with E-state index >= 15 is 0 Å². The van der Waals surface area contributed by atoms with Crippen molar-refractivity contribution < 1.29 is 20.8 Å². The molecule has 2 N–H and O–H groups in total. The van der Waals surface area contributed by atoms with Gasteiger partial charge in [-0.05, 0) is 55.9 Å². The number of carbonyl (C=O) groups excluding carboxylic acids is 1. The summed E-state index contributed by atoms with van der Waals surface area (Å²) in [5.41, 5.74) is 3.31. The highest BCUT2D eigenvalue weighted by Gasteiger charge is 2.33. The van der Waals surface area contributed by atoms with Crippen LogP contribution >= 0.6 is 0 Å². The predicted octanol–water partition coefficient (Wildman–Crippen LogP) is 4.91. The quantitative estimate of drug-likeness (QED) is 0.384. The van der Waals surface area contributed by atoms with E-state index in [0.717, 1.165) is 29.5 Å². The summed E-state index contributed by atoms with van der Waals surface area (Å²) >= 11 is 0. The number of hydrogen-bond acceptors (Lipinski definition) is 4. The number of H-pyrrole nitrogens is 1. The monoisotopic (exact) mass is 448 g/mol. The second-order valence-electron chi connectivity index (χ2n) is 8.18. The molecule has 7 nitrogen and oxygen atoms in total. The number of hydrogen-bond donors (Lipinski definition) is 2. The SMILES string of the molecule is [2H]C1(N(Cc2ccccc2OCCCCCC(=O)O)C(=O)c2ccc(-c3cn[nH]c3)cc2)CC1. The Hall–Kier alpha value is -3.61. The third kappa shape index (κ3) is 6.22. The highest BCUT2D eigenvalue weighted by molar-refractivity contribution is 5.95. The molecule has 1 amide bonds. The summed E-state index contributed by atoms with van der Waals surface area (Å²) in [7, 11) is 0. The third-order valence-electron chi connectivity index (χ3n) is 5.66. The molecular weight excluding hydrogens is 418 g/mol. The van der Waals surface area contributed by atoms with Crippen LogP contribution in [0.2, 0.25) is 0 Å². The topological polar surface area (TPSA) is 95.5 Å². The predicted molar refractivity (Wildman–Crippen MR) is 125 cm³/mol. The molecule has 0 spiro atoms. The number of aromatic nitrogens is 2. The molecule has 1 aromatic heterocycles. The van der Waals surface area contributed by atoms with Crippen molar-refractivity contribution in [1.82, 2.24) is 15.1 Å². The Bertz CT molecular complexity index is 1110. The average Bonchev–Trinajstić information content (AvgIpc) is 3.35. The Labute approximate surface area is 194 Å². The summed E-state index contributed by atoms with van der Waals surface area (Å²) in [5, 5.41) is 15.5. The van der Waals surface area contributed by atoms with Crippen molar-refractivity contribution in [1.29, 1.82) is 0 Å². The lowest BCUT2D eigenvalue weighted by atomic mass is 10.1. The fraction of sp³-hybridized carbons (Fsp3) is 0.346. The molecular formula is C26H29N3O4. The molecule has 172 valence electrons. The number of rotatable bonds is 12. The van der Waals surface area contributed by atoms with Gasteiger partial charge in [0.25, 0.3) is 5.91 Å². The second kappa shape index (κ2) is 10.8. The summed E-state index contributed by atoms with van der Waals surface area (Å²) in [6.07, 6.45) is 7.17. The molecule has 3 aromatic rings. The van der Waals surface area contributed by atoms with Gasteiger partial charge in [-0.1, -0.05) is 30.3 Å². The van der Waals surface area contributed by atoms with Crippen LogP contribution in [0.4, 0.5) is 0 Å². The van der Waals surface area contributed by atoms with Gasteiger partial charge in [-0.3, -0.25) is 14.7 Å². The zero-order valence-electron chi connectivity index (χ0n) is 19.5. The van der Waals surface area contributed by atoms with Crippen molar-refractivity contribution in [3.63, 3.8) is 0 Å². The summed E-state index contributed by atoms with van der Waals surface area (Å²) in [6, 6.07) is 14.1. The Balaban J connectivity index is 1.43. The van der Waals surface area contributed by atoms with Crippen molar-refractivity contribution in [3.05, 3.63) is 72.1 Å². The largest absolute Gasteiger partial charge is 0.493 e. The van der Waals surface area contributed by atoms with Gasteiger partial charge in [-0.2, -0.15) is 5.10 Å². The number of nitrogens with zero attached hydrogens (tertiary/aromatic N) is 2. The van der Waals surface area contributed by atoms with E-state index in [2.05, 4.69) is 10.2 Å². The molecule has 1 heterocycles. The second-order valence-corrected chi connectivity index (χ2v) is 8.18. The van der Waals surface area contributed by atoms with Gasteiger partial charge >= 0.3 is 5.97 Å². The van der Waals surface area contributed by atoms with Gasteiger partial charge in [0.2, 0.25) is 0 Å². The molecule has 33 heavy (non-hydrogen) atoms. The Morgan fingerprint density at radius 2 is 1.88 bits per heavy atom. The zero-order valence-corrected chi connectivity index (χ0v) is 18.5. The maximum atomic E-state index is 13.4. The van der Waals surface area contributed by atoms with Crippen LogP contribution in [0.25, 0.3) is 11.1 Å². The number of nitrogens with one attached hydrogen (secondary N) is 1. The molecule has 0 saturated heterocycles. The number of amides is 1. The van der Waals surface area contributed by atoms with E-state index in [0.29, 0.717) is 43.7 Å².